The first kappa shape index (κ1) is 21.0. The Labute approximate surface area is 168 Å². The molecule has 29 heavy (non-hydrogen) atoms. The van der Waals surface area contributed by atoms with Crippen LogP contribution in [0.3, 0.4) is 0 Å². The van der Waals surface area contributed by atoms with Crippen LogP contribution in [0.5, 0.6) is 5.75 Å². The van der Waals surface area contributed by atoms with Crippen molar-refractivity contribution in [3.63, 3.8) is 0 Å². The van der Waals surface area contributed by atoms with Crippen molar-refractivity contribution in [3.05, 3.63) is 69.3 Å². The number of carbonyl (C=O) groups excluding carboxylic acids is 1. The van der Waals surface area contributed by atoms with E-state index in [9.17, 15) is 28.1 Å². The molecule has 1 fully saturated rings. The standard InChI is InChI=1S/C19H17F3N2O4S/c1-12-2-7-16(15(10-12)24(26)27)28-11-17-23(8-9-29-17)18(25)13-3-5-14(6-4-13)19(20,21)22/h2-7,10,17H,8-9,11H2,1H3/t17-/m0/s1. The van der Waals surface area contributed by atoms with Gasteiger partial charge in [0.15, 0.2) is 5.75 Å². The number of nitro benzene ring substituents is 1. The Hall–Kier alpha value is -2.75. The van der Waals surface area contributed by atoms with Gasteiger partial charge in [0.05, 0.1) is 10.5 Å². The van der Waals surface area contributed by atoms with Gasteiger partial charge in [-0.1, -0.05) is 6.07 Å². The number of nitrogens with zero attached hydrogens (tertiary/aromatic N) is 2. The summed E-state index contributed by atoms with van der Waals surface area (Å²) >= 11 is 1.45. The summed E-state index contributed by atoms with van der Waals surface area (Å²) in [6.45, 7) is 2.17. The number of nitro groups is 1. The van der Waals surface area contributed by atoms with Crippen LogP contribution in [0.1, 0.15) is 21.5 Å². The molecule has 2 aromatic rings. The van der Waals surface area contributed by atoms with Gasteiger partial charge in [-0.15, -0.1) is 11.8 Å². The van der Waals surface area contributed by atoms with E-state index < -0.39 is 27.9 Å². The average Bonchev–Trinajstić information content (AvgIpc) is 3.14. The van der Waals surface area contributed by atoms with Crippen LogP contribution < -0.4 is 4.74 Å². The van der Waals surface area contributed by atoms with Crippen molar-refractivity contribution in [1.82, 2.24) is 4.90 Å². The molecule has 1 saturated heterocycles. The Morgan fingerprint density at radius 2 is 1.97 bits per heavy atom. The van der Waals surface area contributed by atoms with Crippen LogP contribution in [-0.2, 0) is 6.18 Å². The summed E-state index contributed by atoms with van der Waals surface area (Å²) < 4.78 is 43.7. The molecular formula is C19H17F3N2O4S. The summed E-state index contributed by atoms with van der Waals surface area (Å²) in [7, 11) is 0. The van der Waals surface area contributed by atoms with Crippen molar-refractivity contribution in [3.8, 4) is 5.75 Å². The average molecular weight is 426 g/mol. The van der Waals surface area contributed by atoms with Crippen LogP contribution >= 0.6 is 11.8 Å². The first-order valence-corrected chi connectivity index (χ1v) is 9.69. The zero-order chi connectivity index (χ0) is 21.2. The molecule has 6 nitrogen and oxygen atoms in total. The third-order valence-corrected chi connectivity index (χ3v) is 5.60. The summed E-state index contributed by atoms with van der Waals surface area (Å²) in [6, 6.07) is 8.65. The number of hydrogen-bond donors (Lipinski definition) is 0. The number of halogens is 3. The lowest BCUT2D eigenvalue weighted by Crippen LogP contribution is -2.38. The smallest absolute Gasteiger partial charge is 0.416 e. The van der Waals surface area contributed by atoms with E-state index in [0.717, 1.165) is 29.8 Å². The number of benzene rings is 2. The number of thioether (sulfide) groups is 1. The zero-order valence-corrected chi connectivity index (χ0v) is 16.1. The second-order valence-corrected chi connectivity index (χ2v) is 7.72. The summed E-state index contributed by atoms with van der Waals surface area (Å²) in [5.74, 6) is 0.335. The number of hydrogen-bond acceptors (Lipinski definition) is 5. The Kier molecular flexibility index (Phi) is 6.02. The molecule has 0 bridgehead atoms. The normalized spacial score (nSPS) is 16.7. The Balaban J connectivity index is 1.70. The van der Waals surface area contributed by atoms with E-state index in [2.05, 4.69) is 0 Å². The maximum absolute atomic E-state index is 12.7. The fourth-order valence-corrected chi connectivity index (χ4v) is 4.03. The minimum absolute atomic E-state index is 0.0287. The number of alkyl halides is 3. The van der Waals surface area contributed by atoms with Crippen molar-refractivity contribution in [2.24, 2.45) is 0 Å². The van der Waals surface area contributed by atoms with Crippen molar-refractivity contribution >= 4 is 23.4 Å². The summed E-state index contributed by atoms with van der Waals surface area (Å²) in [4.78, 5) is 24.9. The lowest BCUT2D eigenvalue weighted by molar-refractivity contribution is -0.385. The van der Waals surface area contributed by atoms with Crippen LogP contribution in [0.4, 0.5) is 18.9 Å². The molecule has 0 aromatic heterocycles. The summed E-state index contributed by atoms with van der Waals surface area (Å²) in [5.41, 5.74) is -0.116. The van der Waals surface area contributed by atoms with Crippen molar-refractivity contribution in [1.29, 1.82) is 0 Å². The van der Waals surface area contributed by atoms with E-state index >= 15 is 0 Å². The van der Waals surface area contributed by atoms with Gasteiger partial charge in [-0.2, -0.15) is 13.2 Å². The molecule has 154 valence electrons. The van der Waals surface area contributed by atoms with Gasteiger partial charge in [0.1, 0.15) is 12.0 Å². The van der Waals surface area contributed by atoms with Crippen molar-refractivity contribution < 1.29 is 27.6 Å². The van der Waals surface area contributed by atoms with E-state index in [4.69, 9.17) is 4.74 Å². The minimum Gasteiger partial charge on any atom is -0.484 e. The second-order valence-electron chi connectivity index (χ2n) is 6.44. The van der Waals surface area contributed by atoms with E-state index in [1.54, 1.807) is 13.0 Å². The molecule has 1 amide bonds. The largest absolute Gasteiger partial charge is 0.484 e. The number of aryl methyl sites for hydroxylation is 1. The van der Waals surface area contributed by atoms with E-state index in [1.807, 2.05) is 0 Å². The van der Waals surface area contributed by atoms with Gasteiger partial charge < -0.3 is 9.64 Å². The highest BCUT2D eigenvalue weighted by molar-refractivity contribution is 8.00. The van der Waals surface area contributed by atoms with Gasteiger partial charge in [-0.05, 0) is 42.8 Å². The van der Waals surface area contributed by atoms with Crippen LogP contribution in [0.15, 0.2) is 42.5 Å². The fourth-order valence-electron chi connectivity index (χ4n) is 2.91. The van der Waals surface area contributed by atoms with Gasteiger partial charge >= 0.3 is 11.9 Å². The molecule has 3 rings (SSSR count). The molecule has 0 spiro atoms. The fraction of sp³-hybridized carbons (Fsp3) is 0.316. The third kappa shape index (κ3) is 4.81. The van der Waals surface area contributed by atoms with Gasteiger partial charge in [0.2, 0.25) is 0 Å². The first-order chi connectivity index (χ1) is 13.7. The predicted octanol–water partition coefficient (Wildman–Crippen LogP) is 4.52. The van der Waals surface area contributed by atoms with Crippen molar-refractivity contribution in [2.75, 3.05) is 18.9 Å². The number of ether oxygens (including phenoxy) is 1. The molecule has 1 atom stereocenters. The third-order valence-electron chi connectivity index (χ3n) is 4.40. The highest BCUT2D eigenvalue weighted by Gasteiger charge is 2.33. The molecule has 0 N–H and O–H groups in total. The Bertz CT molecular complexity index is 919. The van der Waals surface area contributed by atoms with Gasteiger partial charge in [0.25, 0.3) is 5.91 Å². The topological polar surface area (TPSA) is 72.7 Å². The summed E-state index contributed by atoms with van der Waals surface area (Å²) in [5, 5.41) is 10.8. The molecule has 0 aliphatic carbocycles. The Morgan fingerprint density at radius 3 is 2.59 bits per heavy atom. The number of rotatable bonds is 5. The first-order valence-electron chi connectivity index (χ1n) is 8.64. The van der Waals surface area contributed by atoms with E-state index in [-0.39, 0.29) is 23.6 Å². The van der Waals surface area contributed by atoms with Crippen LogP contribution in [0.25, 0.3) is 0 Å². The SMILES string of the molecule is Cc1ccc(OC[C@@H]2SCCN2C(=O)c2ccc(C(F)(F)F)cc2)c([N+](=O)[O-])c1. The second kappa shape index (κ2) is 8.32. The molecule has 0 saturated carbocycles. The van der Waals surface area contributed by atoms with Crippen LogP contribution in [-0.4, -0.2) is 40.0 Å². The molecular weight excluding hydrogens is 409 g/mol. The van der Waals surface area contributed by atoms with Gasteiger partial charge in [0, 0.05) is 23.9 Å². The van der Waals surface area contributed by atoms with Crippen LogP contribution in [0, 0.1) is 17.0 Å². The lowest BCUT2D eigenvalue weighted by atomic mass is 10.1. The molecule has 0 unspecified atom stereocenters. The van der Waals surface area contributed by atoms with Gasteiger partial charge in [-0.3, -0.25) is 14.9 Å². The molecule has 1 heterocycles. The maximum Gasteiger partial charge on any atom is 0.416 e. The lowest BCUT2D eigenvalue weighted by Gasteiger charge is -2.24. The molecule has 10 heteroatoms. The number of carbonyl (C=O) groups is 1. The quantitative estimate of drug-likeness (QED) is 0.519. The van der Waals surface area contributed by atoms with Crippen LogP contribution in [0.2, 0.25) is 0 Å². The Morgan fingerprint density at radius 1 is 1.28 bits per heavy atom. The zero-order valence-electron chi connectivity index (χ0n) is 15.3. The highest BCUT2D eigenvalue weighted by atomic mass is 32.2. The molecule has 1 aliphatic heterocycles. The highest BCUT2D eigenvalue weighted by Crippen LogP contribution is 2.32. The minimum atomic E-state index is -4.47. The monoisotopic (exact) mass is 426 g/mol. The number of amides is 1. The van der Waals surface area contributed by atoms with E-state index in [1.165, 1.54) is 28.8 Å². The molecule has 1 aliphatic rings. The predicted molar refractivity (Wildman–Crippen MR) is 102 cm³/mol. The summed E-state index contributed by atoms with van der Waals surface area (Å²) in [6.07, 6.45) is -4.47. The van der Waals surface area contributed by atoms with E-state index in [0.29, 0.717) is 12.3 Å². The molecule has 2 aromatic carbocycles. The molecule has 0 radical (unpaired) electrons. The van der Waals surface area contributed by atoms with Crippen molar-refractivity contribution in [2.45, 2.75) is 18.5 Å². The van der Waals surface area contributed by atoms with Gasteiger partial charge in [-0.25, -0.2) is 0 Å². The maximum atomic E-state index is 12.7.